The Morgan fingerprint density at radius 3 is 2.63 bits per heavy atom. The number of nitrogens with one attached hydrogen (secondary N) is 1. The average molecular weight is 292 g/mol. The molecule has 0 atom stereocenters. The third-order valence-electron chi connectivity index (χ3n) is 2.32. The summed E-state index contributed by atoms with van der Waals surface area (Å²) in [6, 6.07) is 7.89. The molecule has 2 rings (SSSR count). The number of nitrogens with zero attached hydrogens (tertiary/aromatic N) is 1. The zero-order valence-corrected chi connectivity index (χ0v) is 12.1. The van der Waals surface area contributed by atoms with Gasteiger partial charge < -0.3 is 5.32 Å². The van der Waals surface area contributed by atoms with Gasteiger partial charge in [-0.1, -0.05) is 12.1 Å². The van der Waals surface area contributed by atoms with E-state index in [9.17, 15) is 9.59 Å². The van der Waals surface area contributed by atoms with Crippen molar-refractivity contribution in [2.24, 2.45) is 4.99 Å². The number of hydrogen-bond acceptors (Lipinski definition) is 4. The summed E-state index contributed by atoms with van der Waals surface area (Å²) >= 11 is 2.84. The normalized spacial score (nSPS) is 16.6. The molecule has 1 aliphatic rings. The van der Waals surface area contributed by atoms with Crippen molar-refractivity contribution >= 4 is 46.6 Å². The highest BCUT2D eigenvalue weighted by molar-refractivity contribution is 8.18. The Bertz CT molecular complexity index is 577. The predicted molar refractivity (Wildman–Crippen MR) is 80.0 cm³/mol. The SMILES string of the molecule is CSc1ccc(/C=C2/SC(NC(C)=O)=NC2=O)cc1. The lowest BCUT2D eigenvalue weighted by molar-refractivity contribution is -0.117. The monoisotopic (exact) mass is 292 g/mol. The molecule has 0 fully saturated rings. The molecule has 0 unspecified atom stereocenters. The van der Waals surface area contributed by atoms with E-state index in [1.165, 1.54) is 23.6 Å². The van der Waals surface area contributed by atoms with Gasteiger partial charge >= 0.3 is 0 Å². The van der Waals surface area contributed by atoms with Gasteiger partial charge in [-0.25, -0.2) is 0 Å². The van der Waals surface area contributed by atoms with Crippen molar-refractivity contribution in [2.75, 3.05) is 6.26 Å². The Hall–Kier alpha value is -1.53. The van der Waals surface area contributed by atoms with E-state index in [4.69, 9.17) is 0 Å². The molecule has 0 radical (unpaired) electrons. The lowest BCUT2D eigenvalue weighted by atomic mass is 10.2. The summed E-state index contributed by atoms with van der Waals surface area (Å²) in [5, 5.41) is 2.85. The van der Waals surface area contributed by atoms with E-state index in [-0.39, 0.29) is 11.8 Å². The first-order valence-corrected chi connectivity index (χ1v) is 7.57. The molecule has 1 N–H and O–H groups in total. The van der Waals surface area contributed by atoms with Crippen LogP contribution < -0.4 is 5.32 Å². The number of aliphatic imine (C=N–C) groups is 1. The maximum atomic E-state index is 11.7. The fourth-order valence-corrected chi connectivity index (χ4v) is 2.73. The summed E-state index contributed by atoms with van der Waals surface area (Å²) in [4.78, 5) is 28.0. The summed E-state index contributed by atoms with van der Waals surface area (Å²) in [5.41, 5.74) is 0.938. The second kappa shape index (κ2) is 6.08. The Kier molecular flexibility index (Phi) is 4.44. The number of benzene rings is 1. The first-order valence-electron chi connectivity index (χ1n) is 5.52. The number of carbonyl (C=O) groups is 2. The molecule has 0 bridgehead atoms. The van der Waals surface area contributed by atoms with Gasteiger partial charge in [0.1, 0.15) is 0 Å². The van der Waals surface area contributed by atoms with Crippen LogP contribution in [0.4, 0.5) is 0 Å². The number of amides is 2. The van der Waals surface area contributed by atoms with Gasteiger partial charge in [0.2, 0.25) is 5.91 Å². The number of amidine groups is 1. The van der Waals surface area contributed by atoms with Crippen LogP contribution in [0.15, 0.2) is 39.1 Å². The van der Waals surface area contributed by atoms with Gasteiger partial charge in [0.05, 0.1) is 4.91 Å². The Morgan fingerprint density at radius 2 is 2.05 bits per heavy atom. The van der Waals surface area contributed by atoms with Crippen LogP contribution in [0.1, 0.15) is 12.5 Å². The highest BCUT2D eigenvalue weighted by Crippen LogP contribution is 2.27. The fourth-order valence-electron chi connectivity index (χ4n) is 1.46. The zero-order valence-electron chi connectivity index (χ0n) is 10.5. The van der Waals surface area contributed by atoms with Gasteiger partial charge in [0.25, 0.3) is 5.91 Å². The molecule has 6 heteroatoms. The summed E-state index contributed by atoms with van der Waals surface area (Å²) in [7, 11) is 0. The summed E-state index contributed by atoms with van der Waals surface area (Å²) in [6.45, 7) is 1.39. The topological polar surface area (TPSA) is 58.5 Å². The maximum Gasteiger partial charge on any atom is 0.286 e. The molecule has 2 amide bonds. The molecule has 1 aromatic rings. The van der Waals surface area contributed by atoms with Gasteiger partial charge in [0.15, 0.2) is 5.17 Å². The Labute approximate surface area is 119 Å². The average Bonchev–Trinajstić information content (AvgIpc) is 2.69. The molecule has 0 aromatic heterocycles. The van der Waals surface area contributed by atoms with Gasteiger partial charge in [-0.15, -0.1) is 11.8 Å². The molecule has 1 aliphatic heterocycles. The van der Waals surface area contributed by atoms with E-state index in [0.29, 0.717) is 10.1 Å². The predicted octanol–water partition coefficient (Wildman–Crippen LogP) is 2.51. The third-order valence-corrected chi connectivity index (χ3v) is 3.96. The molecule has 0 saturated carbocycles. The molecule has 0 saturated heterocycles. The van der Waals surface area contributed by atoms with Crippen LogP contribution in [0.25, 0.3) is 6.08 Å². The van der Waals surface area contributed by atoms with Crippen LogP contribution in [-0.4, -0.2) is 23.2 Å². The van der Waals surface area contributed by atoms with E-state index >= 15 is 0 Å². The molecule has 0 aliphatic carbocycles. The van der Waals surface area contributed by atoms with E-state index < -0.39 is 0 Å². The van der Waals surface area contributed by atoms with Crippen LogP contribution in [0.3, 0.4) is 0 Å². The van der Waals surface area contributed by atoms with E-state index in [0.717, 1.165) is 5.56 Å². The van der Waals surface area contributed by atoms with Gasteiger partial charge in [0, 0.05) is 11.8 Å². The molecule has 1 heterocycles. The van der Waals surface area contributed by atoms with Crippen molar-refractivity contribution in [1.82, 2.24) is 5.32 Å². The molecular formula is C13H12N2O2S2. The first-order chi connectivity index (χ1) is 9.08. The first kappa shape index (κ1) is 13.9. The van der Waals surface area contributed by atoms with Gasteiger partial charge in [-0.3, -0.25) is 9.59 Å². The Balaban J connectivity index is 2.12. The van der Waals surface area contributed by atoms with Crippen molar-refractivity contribution < 1.29 is 9.59 Å². The van der Waals surface area contributed by atoms with Crippen molar-refractivity contribution in [3.63, 3.8) is 0 Å². The molecular weight excluding hydrogens is 280 g/mol. The maximum absolute atomic E-state index is 11.7. The van der Waals surface area contributed by atoms with E-state index in [1.807, 2.05) is 30.5 Å². The minimum absolute atomic E-state index is 0.232. The van der Waals surface area contributed by atoms with E-state index in [1.54, 1.807) is 17.8 Å². The second-order valence-electron chi connectivity index (χ2n) is 3.79. The standard InChI is InChI=1S/C13H12N2O2S2/c1-8(16)14-13-15-12(17)11(19-13)7-9-3-5-10(18-2)6-4-9/h3-7H,1-2H3,(H,14,15,16,17)/b11-7+. The van der Waals surface area contributed by atoms with Crippen molar-refractivity contribution in [1.29, 1.82) is 0 Å². The zero-order chi connectivity index (χ0) is 13.8. The number of hydrogen-bond donors (Lipinski definition) is 1. The van der Waals surface area contributed by atoms with Crippen LogP contribution in [0, 0.1) is 0 Å². The molecule has 1 aromatic carbocycles. The lowest BCUT2D eigenvalue weighted by Gasteiger charge is -1.99. The van der Waals surface area contributed by atoms with Crippen LogP contribution in [-0.2, 0) is 9.59 Å². The number of rotatable bonds is 2. The van der Waals surface area contributed by atoms with Crippen molar-refractivity contribution in [2.45, 2.75) is 11.8 Å². The molecule has 98 valence electrons. The van der Waals surface area contributed by atoms with Crippen molar-refractivity contribution in [3.05, 3.63) is 34.7 Å². The van der Waals surface area contributed by atoms with Crippen LogP contribution >= 0.6 is 23.5 Å². The molecule has 0 spiro atoms. The summed E-state index contributed by atoms with van der Waals surface area (Å²) in [5.74, 6) is -0.549. The minimum Gasteiger partial charge on any atom is -0.305 e. The molecule has 4 nitrogen and oxygen atoms in total. The largest absolute Gasteiger partial charge is 0.305 e. The Morgan fingerprint density at radius 1 is 1.37 bits per heavy atom. The number of carbonyl (C=O) groups excluding carboxylic acids is 2. The third kappa shape index (κ3) is 3.71. The summed E-state index contributed by atoms with van der Waals surface area (Å²) < 4.78 is 0. The highest BCUT2D eigenvalue weighted by Gasteiger charge is 2.22. The lowest BCUT2D eigenvalue weighted by Crippen LogP contribution is -2.23. The second-order valence-corrected chi connectivity index (χ2v) is 5.70. The number of thioether (sulfide) groups is 2. The fraction of sp³-hybridized carbons (Fsp3) is 0.154. The smallest absolute Gasteiger partial charge is 0.286 e. The quantitative estimate of drug-likeness (QED) is 0.672. The highest BCUT2D eigenvalue weighted by atomic mass is 32.2. The summed E-state index contributed by atoms with van der Waals surface area (Å²) in [6.07, 6.45) is 3.78. The molecule has 19 heavy (non-hydrogen) atoms. The van der Waals surface area contributed by atoms with Gasteiger partial charge in [-0.2, -0.15) is 4.99 Å². The van der Waals surface area contributed by atoms with Crippen LogP contribution in [0.2, 0.25) is 0 Å². The van der Waals surface area contributed by atoms with Crippen LogP contribution in [0.5, 0.6) is 0 Å². The van der Waals surface area contributed by atoms with E-state index in [2.05, 4.69) is 10.3 Å². The van der Waals surface area contributed by atoms with Crippen molar-refractivity contribution in [3.8, 4) is 0 Å². The minimum atomic E-state index is -0.317. The van der Waals surface area contributed by atoms with Gasteiger partial charge in [-0.05, 0) is 41.8 Å².